The Morgan fingerprint density at radius 3 is 1.46 bits per heavy atom. The predicted molar refractivity (Wildman–Crippen MR) is 126 cm³/mol. The standard InChI is InChI=1S/C21H15Cl5Si.H2O/c22-19(21(25,26)20(23)24)18-16-12-7-13-17(18)27(16,14-8-3-1-4-9-14)15-10-5-2-6-11-15;/h1-13,19-20H;1H2. The lowest BCUT2D eigenvalue weighted by Crippen LogP contribution is -2.83. The summed E-state index contributed by atoms with van der Waals surface area (Å²) in [5, 5.41) is 4.31. The van der Waals surface area contributed by atoms with Crippen LogP contribution in [-0.2, 0) is 0 Å². The molecule has 1 aliphatic heterocycles. The molecule has 1 nitrogen and oxygen atoms in total. The quantitative estimate of drug-likeness (QED) is 0.301. The summed E-state index contributed by atoms with van der Waals surface area (Å²) in [5.41, 5.74) is 0.954. The zero-order valence-corrected chi connectivity index (χ0v) is 19.3. The number of hydrogen-bond acceptors (Lipinski definition) is 0. The molecule has 7 heteroatoms. The van der Waals surface area contributed by atoms with Crippen molar-refractivity contribution in [1.82, 2.24) is 0 Å². The van der Waals surface area contributed by atoms with Gasteiger partial charge in [-0.05, 0) is 26.3 Å². The van der Waals surface area contributed by atoms with Crippen LogP contribution in [0.15, 0.2) is 78.9 Å². The van der Waals surface area contributed by atoms with Crippen LogP contribution < -0.4 is 20.7 Å². The van der Waals surface area contributed by atoms with E-state index in [1.807, 2.05) is 12.1 Å². The highest BCUT2D eigenvalue weighted by atomic mass is 35.5. The second-order valence-corrected chi connectivity index (χ2v) is 13.3. The average molecular weight is 491 g/mol. The van der Waals surface area contributed by atoms with Crippen LogP contribution in [0.5, 0.6) is 0 Å². The van der Waals surface area contributed by atoms with Crippen molar-refractivity contribution in [3.05, 3.63) is 84.4 Å². The smallest absolute Gasteiger partial charge is 0.180 e. The largest absolute Gasteiger partial charge is 0.412 e. The summed E-state index contributed by atoms with van der Waals surface area (Å²) < 4.78 is -1.48. The van der Waals surface area contributed by atoms with E-state index >= 15 is 0 Å². The van der Waals surface area contributed by atoms with Crippen molar-refractivity contribution in [2.45, 2.75) is 14.5 Å². The Labute approximate surface area is 190 Å². The zero-order valence-electron chi connectivity index (χ0n) is 14.6. The number of rotatable bonds is 5. The molecule has 0 saturated heterocycles. The maximum absolute atomic E-state index is 6.73. The van der Waals surface area contributed by atoms with Crippen molar-refractivity contribution in [3.63, 3.8) is 0 Å². The van der Waals surface area contributed by atoms with Crippen molar-refractivity contribution >= 4 is 86.8 Å². The van der Waals surface area contributed by atoms with Crippen LogP contribution in [0, 0.1) is 0 Å². The maximum atomic E-state index is 6.73. The first kappa shape index (κ1) is 22.0. The molecule has 28 heavy (non-hydrogen) atoms. The second kappa shape index (κ2) is 8.20. The Hall–Kier alpha value is -0.713. The fourth-order valence-electron chi connectivity index (χ4n) is 4.04. The molecule has 0 aliphatic carbocycles. The van der Waals surface area contributed by atoms with Crippen LogP contribution in [0.3, 0.4) is 0 Å². The summed E-state index contributed by atoms with van der Waals surface area (Å²) in [6.07, 6.45) is 0. The molecule has 2 bridgehead atoms. The Morgan fingerprint density at radius 2 is 1.07 bits per heavy atom. The Morgan fingerprint density at radius 1 is 0.643 bits per heavy atom. The fourth-order valence-corrected chi connectivity index (χ4v) is 10.3. The van der Waals surface area contributed by atoms with Gasteiger partial charge in [0.1, 0.15) is 4.84 Å². The normalized spacial score (nSPS) is 15.5. The highest BCUT2D eigenvalue weighted by molar-refractivity contribution is 7.23. The molecule has 0 aromatic heterocycles. The van der Waals surface area contributed by atoms with Crippen molar-refractivity contribution in [2.75, 3.05) is 0 Å². The molecule has 1 atom stereocenters. The van der Waals surface area contributed by atoms with E-state index in [0.29, 0.717) is 0 Å². The van der Waals surface area contributed by atoms with Gasteiger partial charge in [0.2, 0.25) is 0 Å². The van der Waals surface area contributed by atoms with Crippen molar-refractivity contribution < 1.29 is 5.48 Å². The van der Waals surface area contributed by atoms with E-state index in [1.165, 1.54) is 20.7 Å². The van der Waals surface area contributed by atoms with Gasteiger partial charge in [0.15, 0.2) is 12.4 Å². The van der Waals surface area contributed by atoms with Gasteiger partial charge in [-0.2, -0.15) is 0 Å². The van der Waals surface area contributed by atoms with Crippen molar-refractivity contribution in [3.8, 4) is 0 Å². The van der Waals surface area contributed by atoms with Gasteiger partial charge in [0, 0.05) is 0 Å². The van der Waals surface area contributed by atoms with E-state index in [4.69, 9.17) is 58.0 Å². The van der Waals surface area contributed by atoms with E-state index in [1.54, 1.807) is 0 Å². The lowest BCUT2D eigenvalue weighted by Gasteiger charge is -2.48. The summed E-state index contributed by atoms with van der Waals surface area (Å²) in [7, 11) is -2.31. The van der Waals surface area contributed by atoms with E-state index in [0.717, 1.165) is 5.56 Å². The first-order valence-corrected chi connectivity index (χ1v) is 12.5. The second-order valence-electron chi connectivity index (χ2n) is 6.59. The van der Waals surface area contributed by atoms with Crippen LogP contribution in [0.25, 0.3) is 0 Å². The summed E-state index contributed by atoms with van der Waals surface area (Å²) in [5.74, 6) is 0. The van der Waals surface area contributed by atoms with E-state index in [-0.39, 0.29) is 5.48 Å². The number of fused-ring (bicyclic) bond motifs is 2. The number of halogens is 5. The molecule has 3 aromatic rings. The monoisotopic (exact) mass is 488 g/mol. The lowest BCUT2D eigenvalue weighted by atomic mass is 10.1. The minimum Gasteiger partial charge on any atom is -0.412 e. The lowest BCUT2D eigenvalue weighted by molar-refractivity contribution is 0.798. The van der Waals surface area contributed by atoms with Gasteiger partial charge < -0.3 is 5.48 Å². The molecule has 146 valence electrons. The van der Waals surface area contributed by atoms with Crippen molar-refractivity contribution in [2.24, 2.45) is 0 Å². The first-order chi connectivity index (χ1) is 12.9. The summed E-state index contributed by atoms with van der Waals surface area (Å²) >= 11 is 31.6. The third kappa shape index (κ3) is 3.11. The van der Waals surface area contributed by atoms with Crippen LogP contribution in [0.4, 0.5) is 0 Å². The van der Waals surface area contributed by atoms with E-state index < -0.39 is 22.6 Å². The van der Waals surface area contributed by atoms with Gasteiger partial charge in [0.25, 0.3) is 0 Å². The molecule has 0 spiro atoms. The van der Waals surface area contributed by atoms with Gasteiger partial charge in [-0.3, -0.25) is 0 Å². The summed E-state index contributed by atoms with van der Waals surface area (Å²) in [4.78, 5) is -1.01. The fraction of sp³-hybridized carbons (Fsp3) is 0.143. The third-order valence-corrected chi connectivity index (χ3v) is 12.9. The van der Waals surface area contributed by atoms with Crippen LogP contribution in [-0.4, -0.2) is 22.7 Å². The molecule has 1 heterocycles. The number of benzene rings is 3. The van der Waals surface area contributed by atoms with Crippen molar-refractivity contribution in [1.29, 1.82) is 0 Å². The Bertz CT molecular complexity index is 899. The molecule has 1 unspecified atom stereocenters. The zero-order chi connectivity index (χ0) is 19.2. The highest BCUT2D eigenvalue weighted by Crippen LogP contribution is 2.48. The van der Waals surface area contributed by atoms with Crippen LogP contribution in [0.1, 0.15) is 10.9 Å². The van der Waals surface area contributed by atoms with Crippen LogP contribution >= 0.6 is 58.0 Å². The molecule has 0 amide bonds. The number of alkyl halides is 5. The molecule has 0 saturated carbocycles. The summed E-state index contributed by atoms with van der Waals surface area (Å²) in [6.45, 7) is 0. The van der Waals surface area contributed by atoms with E-state index in [2.05, 4.69) is 66.7 Å². The van der Waals surface area contributed by atoms with Gasteiger partial charge in [-0.15, -0.1) is 34.8 Å². The third-order valence-electron chi connectivity index (χ3n) is 5.21. The summed E-state index contributed by atoms with van der Waals surface area (Å²) in [6, 6.07) is 27.4. The molecule has 2 N–H and O–H groups in total. The minimum absolute atomic E-state index is 0. The molecule has 0 fully saturated rings. The van der Waals surface area contributed by atoms with E-state index in [9.17, 15) is 0 Å². The minimum atomic E-state index is -2.31. The topological polar surface area (TPSA) is 31.5 Å². The SMILES string of the molecule is ClC(Cl)C(Cl)(Cl)C(Cl)c1c2cccc1[Si]2(c1ccccc1)c1ccccc1.O. The molecular formula is C21H17Cl5OSi. The molecule has 4 rings (SSSR count). The van der Waals surface area contributed by atoms with Gasteiger partial charge in [0.05, 0.1) is 5.38 Å². The number of hydrogen-bond donors (Lipinski definition) is 0. The maximum Gasteiger partial charge on any atom is 0.180 e. The highest BCUT2D eigenvalue weighted by Gasteiger charge is 2.56. The average Bonchev–Trinajstić information content (AvgIpc) is 2.70. The Balaban J connectivity index is 0.00000225. The molecular weight excluding hydrogens is 474 g/mol. The van der Waals surface area contributed by atoms with Gasteiger partial charge in [-0.25, -0.2) is 0 Å². The Kier molecular flexibility index (Phi) is 6.43. The van der Waals surface area contributed by atoms with Crippen LogP contribution in [0.2, 0.25) is 0 Å². The predicted octanol–water partition coefficient (Wildman–Crippen LogP) is 3.81. The first-order valence-electron chi connectivity index (χ1n) is 8.46. The molecule has 3 aromatic carbocycles. The molecule has 0 radical (unpaired) electrons. The van der Waals surface area contributed by atoms with Gasteiger partial charge in [-0.1, -0.05) is 102 Å². The van der Waals surface area contributed by atoms with Gasteiger partial charge >= 0.3 is 0 Å². The molecule has 1 aliphatic rings.